The molecular weight excluding hydrogens is 615 g/mol. The van der Waals surface area contributed by atoms with Crippen molar-refractivity contribution in [3.63, 3.8) is 0 Å². The van der Waals surface area contributed by atoms with E-state index in [9.17, 15) is 0 Å². The first kappa shape index (κ1) is 29.2. The van der Waals surface area contributed by atoms with Crippen LogP contribution in [0, 0.1) is 0 Å². The minimum Gasteiger partial charge on any atom is -0.310 e. The van der Waals surface area contributed by atoms with Crippen LogP contribution in [0.5, 0.6) is 0 Å². The molecule has 0 atom stereocenters. The van der Waals surface area contributed by atoms with E-state index < -0.39 is 0 Å². The number of benzene rings is 10. The van der Waals surface area contributed by atoms with Crippen LogP contribution in [-0.2, 0) is 0 Å². The molecule has 0 aliphatic rings. The summed E-state index contributed by atoms with van der Waals surface area (Å²) in [6.07, 6.45) is 0. The molecule has 0 radical (unpaired) electrons. The Morgan fingerprint density at radius 1 is 0.255 bits per heavy atom. The number of hydrogen-bond acceptors (Lipinski definition) is 1. The summed E-state index contributed by atoms with van der Waals surface area (Å²) < 4.78 is 0. The molecule has 0 aliphatic carbocycles. The van der Waals surface area contributed by atoms with E-state index in [1.807, 2.05) is 0 Å². The largest absolute Gasteiger partial charge is 0.310 e. The predicted molar refractivity (Wildman–Crippen MR) is 220 cm³/mol. The summed E-state index contributed by atoms with van der Waals surface area (Å²) in [5, 5.41) is 12.4. The van der Waals surface area contributed by atoms with Gasteiger partial charge in [-0.15, -0.1) is 0 Å². The first-order valence-corrected chi connectivity index (χ1v) is 17.6. The molecule has 0 bridgehead atoms. The fourth-order valence-electron chi connectivity index (χ4n) is 8.10. The van der Waals surface area contributed by atoms with E-state index in [4.69, 9.17) is 0 Å². The smallest absolute Gasteiger partial charge is 0.0540 e. The van der Waals surface area contributed by atoms with Gasteiger partial charge in [-0.1, -0.05) is 170 Å². The van der Waals surface area contributed by atoms with Crippen LogP contribution < -0.4 is 4.90 Å². The molecule has 0 aliphatic heterocycles. The summed E-state index contributed by atoms with van der Waals surface area (Å²) in [7, 11) is 0. The van der Waals surface area contributed by atoms with E-state index in [1.165, 1.54) is 76.1 Å². The van der Waals surface area contributed by atoms with Crippen LogP contribution in [0.2, 0.25) is 0 Å². The third-order valence-electron chi connectivity index (χ3n) is 10.4. The van der Waals surface area contributed by atoms with Crippen LogP contribution in [0.1, 0.15) is 0 Å². The van der Waals surface area contributed by atoms with Crippen molar-refractivity contribution in [2.24, 2.45) is 0 Å². The molecule has 51 heavy (non-hydrogen) atoms. The van der Waals surface area contributed by atoms with Crippen molar-refractivity contribution < 1.29 is 0 Å². The van der Waals surface area contributed by atoms with E-state index in [-0.39, 0.29) is 0 Å². The Balaban J connectivity index is 1.30. The van der Waals surface area contributed by atoms with Crippen molar-refractivity contribution in [3.05, 3.63) is 200 Å². The standard InChI is InChI=1S/C50H33N/c1-3-16-36(17-4-1)49-46-24-12-11-23-44(46)45-31-29-40(33-47(45)50(49)37-18-5-2-6-19-37)51(48-25-13-20-34-14-8-10-22-43(34)48)39-28-30-42-38(32-39)27-26-35-15-7-9-21-41(35)42/h1-33H. The normalized spacial score (nSPS) is 11.5. The highest BCUT2D eigenvalue weighted by Gasteiger charge is 2.21. The maximum Gasteiger partial charge on any atom is 0.0540 e. The fraction of sp³-hybridized carbons (Fsp3) is 0. The van der Waals surface area contributed by atoms with Crippen molar-refractivity contribution in [1.82, 2.24) is 0 Å². The lowest BCUT2D eigenvalue weighted by molar-refractivity contribution is 1.31. The van der Waals surface area contributed by atoms with Gasteiger partial charge in [0.25, 0.3) is 0 Å². The average Bonchev–Trinajstić information content (AvgIpc) is 3.21. The van der Waals surface area contributed by atoms with Gasteiger partial charge >= 0.3 is 0 Å². The van der Waals surface area contributed by atoms with Gasteiger partial charge in [-0.05, 0) is 101 Å². The summed E-state index contributed by atoms with van der Waals surface area (Å²) >= 11 is 0. The number of anilines is 3. The van der Waals surface area contributed by atoms with Gasteiger partial charge in [-0.2, -0.15) is 0 Å². The van der Waals surface area contributed by atoms with Gasteiger partial charge in [-0.25, -0.2) is 0 Å². The minimum absolute atomic E-state index is 1.12. The Labute approximate surface area is 297 Å². The Morgan fingerprint density at radius 2 is 0.725 bits per heavy atom. The Kier molecular flexibility index (Phi) is 6.89. The lowest BCUT2D eigenvalue weighted by Crippen LogP contribution is -2.10. The monoisotopic (exact) mass is 647 g/mol. The maximum absolute atomic E-state index is 2.45. The average molecular weight is 648 g/mol. The van der Waals surface area contributed by atoms with E-state index in [0.29, 0.717) is 0 Å². The SMILES string of the molecule is c1ccc(-c2c(-c3ccccc3)c3cc(N(c4ccc5c(ccc6ccccc65)c4)c4cccc5ccccc45)ccc3c3ccccc23)cc1. The molecule has 0 unspecified atom stereocenters. The maximum atomic E-state index is 2.45. The van der Waals surface area contributed by atoms with E-state index >= 15 is 0 Å². The van der Waals surface area contributed by atoms with E-state index in [2.05, 4.69) is 205 Å². The molecule has 238 valence electrons. The molecule has 10 rings (SSSR count). The highest BCUT2D eigenvalue weighted by atomic mass is 15.1. The molecule has 0 N–H and O–H groups in total. The third-order valence-corrected chi connectivity index (χ3v) is 10.4. The highest BCUT2D eigenvalue weighted by molar-refractivity contribution is 6.22. The van der Waals surface area contributed by atoms with Crippen LogP contribution in [-0.4, -0.2) is 0 Å². The van der Waals surface area contributed by atoms with Gasteiger partial charge in [0.05, 0.1) is 5.69 Å². The van der Waals surface area contributed by atoms with Gasteiger partial charge in [0.1, 0.15) is 0 Å². The number of nitrogens with zero attached hydrogens (tertiary/aromatic N) is 1. The second kappa shape index (κ2) is 12.0. The quantitative estimate of drug-likeness (QED) is 0.168. The van der Waals surface area contributed by atoms with Crippen molar-refractivity contribution in [2.75, 3.05) is 4.90 Å². The summed E-state index contributed by atoms with van der Waals surface area (Å²) in [4.78, 5) is 2.45. The molecule has 10 aromatic carbocycles. The molecule has 0 heterocycles. The van der Waals surface area contributed by atoms with Crippen molar-refractivity contribution in [1.29, 1.82) is 0 Å². The summed E-state index contributed by atoms with van der Waals surface area (Å²) in [6.45, 7) is 0. The van der Waals surface area contributed by atoms with Crippen molar-refractivity contribution >= 4 is 70.9 Å². The molecule has 0 aromatic heterocycles. The number of rotatable bonds is 5. The lowest BCUT2D eigenvalue weighted by Gasteiger charge is -2.28. The topological polar surface area (TPSA) is 3.24 Å². The fourth-order valence-corrected chi connectivity index (χ4v) is 8.10. The highest BCUT2D eigenvalue weighted by Crippen LogP contribution is 2.47. The molecule has 0 saturated carbocycles. The molecular formula is C50H33N. The van der Waals surface area contributed by atoms with Gasteiger partial charge in [-0.3, -0.25) is 0 Å². The Hall–Kier alpha value is -6.70. The van der Waals surface area contributed by atoms with Crippen LogP contribution in [0.15, 0.2) is 200 Å². The Morgan fingerprint density at radius 3 is 1.45 bits per heavy atom. The zero-order valence-corrected chi connectivity index (χ0v) is 28.0. The molecule has 10 aromatic rings. The second-order valence-electron chi connectivity index (χ2n) is 13.3. The van der Waals surface area contributed by atoms with Crippen molar-refractivity contribution in [3.8, 4) is 22.3 Å². The van der Waals surface area contributed by atoms with Crippen molar-refractivity contribution in [2.45, 2.75) is 0 Å². The molecule has 0 fully saturated rings. The lowest BCUT2D eigenvalue weighted by atomic mass is 9.85. The number of hydrogen-bond donors (Lipinski definition) is 0. The van der Waals surface area contributed by atoms with Gasteiger partial charge < -0.3 is 4.90 Å². The first-order valence-electron chi connectivity index (χ1n) is 17.6. The molecule has 0 amide bonds. The molecule has 0 saturated heterocycles. The van der Waals surface area contributed by atoms with Gasteiger partial charge in [0.2, 0.25) is 0 Å². The summed E-state index contributed by atoms with van der Waals surface area (Å²) in [5.74, 6) is 0. The Bertz CT molecular complexity index is 2900. The van der Waals surface area contributed by atoms with E-state index in [0.717, 1.165) is 17.1 Å². The zero-order chi connectivity index (χ0) is 33.7. The third kappa shape index (κ3) is 4.86. The van der Waals surface area contributed by atoms with Crippen LogP contribution in [0.4, 0.5) is 17.1 Å². The van der Waals surface area contributed by atoms with Crippen LogP contribution in [0.3, 0.4) is 0 Å². The number of fused-ring (bicyclic) bond motifs is 7. The predicted octanol–water partition coefficient (Wildman–Crippen LogP) is 14.3. The molecule has 1 heteroatoms. The second-order valence-corrected chi connectivity index (χ2v) is 13.3. The minimum atomic E-state index is 1.12. The summed E-state index contributed by atoms with van der Waals surface area (Å²) in [6, 6.07) is 73.1. The zero-order valence-electron chi connectivity index (χ0n) is 28.0. The molecule has 1 nitrogen and oxygen atoms in total. The summed E-state index contributed by atoms with van der Waals surface area (Å²) in [5.41, 5.74) is 8.32. The van der Waals surface area contributed by atoms with E-state index in [1.54, 1.807) is 0 Å². The van der Waals surface area contributed by atoms with Gasteiger partial charge in [0, 0.05) is 16.8 Å². The first-order chi connectivity index (χ1) is 25.3. The van der Waals surface area contributed by atoms with Crippen LogP contribution >= 0.6 is 0 Å². The van der Waals surface area contributed by atoms with Crippen LogP contribution in [0.25, 0.3) is 76.1 Å². The molecule has 0 spiro atoms. The van der Waals surface area contributed by atoms with Gasteiger partial charge in [0.15, 0.2) is 0 Å².